The lowest BCUT2D eigenvalue weighted by molar-refractivity contribution is 0.125. The van der Waals surface area contributed by atoms with Gasteiger partial charge in [-0.2, -0.15) is 9.67 Å². The van der Waals surface area contributed by atoms with Gasteiger partial charge in [-0.1, -0.05) is 10.4 Å². The highest BCUT2D eigenvalue weighted by Gasteiger charge is 2.44. The molecule has 0 amide bonds. The van der Waals surface area contributed by atoms with E-state index >= 15 is 0 Å². The molecule has 18 heavy (non-hydrogen) atoms. The predicted molar refractivity (Wildman–Crippen MR) is 62.1 cm³/mol. The van der Waals surface area contributed by atoms with Crippen molar-refractivity contribution in [2.45, 2.75) is 43.9 Å². The average Bonchev–Trinajstić information content (AvgIpc) is 3.12. The molecule has 2 bridgehead atoms. The molecule has 2 heterocycles. The van der Waals surface area contributed by atoms with Crippen LogP contribution in [0.25, 0.3) is 6.01 Å². The van der Waals surface area contributed by atoms with E-state index in [1.165, 1.54) is 43.2 Å². The molecule has 0 atom stereocenters. The summed E-state index contributed by atoms with van der Waals surface area (Å²) < 4.78 is 6.82. The first-order valence-corrected chi connectivity index (χ1v) is 6.57. The van der Waals surface area contributed by atoms with Crippen LogP contribution in [0.2, 0.25) is 0 Å². The van der Waals surface area contributed by atoms with Gasteiger partial charge in [0.2, 0.25) is 0 Å². The highest BCUT2D eigenvalue weighted by molar-refractivity contribution is 5.15. The van der Waals surface area contributed by atoms with Crippen molar-refractivity contribution >= 4 is 0 Å². The molecule has 0 spiro atoms. The van der Waals surface area contributed by atoms with Crippen LogP contribution in [-0.2, 0) is 5.41 Å². The van der Waals surface area contributed by atoms with Gasteiger partial charge in [0, 0.05) is 5.41 Å². The molecule has 0 saturated heterocycles. The van der Waals surface area contributed by atoms with Crippen LogP contribution in [0, 0.1) is 5.92 Å². The van der Waals surface area contributed by atoms with E-state index in [0.717, 1.165) is 11.7 Å². The maximum absolute atomic E-state index is 5.31. The first kappa shape index (κ1) is 10.2. The fourth-order valence-electron chi connectivity index (χ4n) is 3.42. The van der Waals surface area contributed by atoms with E-state index in [0.29, 0.717) is 6.01 Å². The molecule has 3 fully saturated rings. The summed E-state index contributed by atoms with van der Waals surface area (Å²) in [4.78, 5) is 4.53. The van der Waals surface area contributed by atoms with Crippen LogP contribution in [0.3, 0.4) is 0 Å². The Kier molecular flexibility index (Phi) is 2.06. The summed E-state index contributed by atoms with van der Waals surface area (Å²) in [6.45, 7) is 0. The monoisotopic (exact) mass is 245 g/mol. The lowest BCUT2D eigenvalue weighted by Gasteiger charge is -2.44. The Balaban J connectivity index is 1.69. The number of hydrogen-bond donors (Lipinski definition) is 0. The molecule has 0 unspecified atom stereocenters. The number of rotatable bonds is 2. The van der Waals surface area contributed by atoms with E-state index in [4.69, 9.17) is 4.52 Å². The lowest BCUT2D eigenvalue weighted by Crippen LogP contribution is -2.38. The van der Waals surface area contributed by atoms with E-state index in [1.54, 1.807) is 12.4 Å². The van der Waals surface area contributed by atoms with Crippen molar-refractivity contribution < 1.29 is 4.52 Å². The van der Waals surface area contributed by atoms with Crippen molar-refractivity contribution in [3.63, 3.8) is 0 Å². The quantitative estimate of drug-likeness (QED) is 0.807. The van der Waals surface area contributed by atoms with Gasteiger partial charge in [0.15, 0.2) is 5.82 Å². The zero-order valence-electron chi connectivity index (χ0n) is 10.1. The molecule has 0 N–H and O–H groups in total. The van der Waals surface area contributed by atoms with Crippen molar-refractivity contribution in [3.05, 3.63) is 18.2 Å². The zero-order chi connectivity index (χ0) is 12.0. The van der Waals surface area contributed by atoms with Crippen LogP contribution in [0.1, 0.15) is 44.3 Å². The summed E-state index contributed by atoms with van der Waals surface area (Å²) in [7, 11) is 0. The summed E-state index contributed by atoms with van der Waals surface area (Å²) in [5.41, 5.74) is 0.164. The van der Waals surface area contributed by atoms with Crippen LogP contribution in [0.5, 0.6) is 0 Å². The van der Waals surface area contributed by atoms with Gasteiger partial charge in [0.1, 0.15) is 0 Å². The number of fused-ring (bicyclic) bond motifs is 3. The van der Waals surface area contributed by atoms with E-state index in [-0.39, 0.29) is 5.41 Å². The smallest absolute Gasteiger partial charge is 0.313 e. The van der Waals surface area contributed by atoms with Gasteiger partial charge < -0.3 is 4.52 Å². The topological polar surface area (TPSA) is 69.6 Å². The first-order valence-electron chi connectivity index (χ1n) is 6.57. The maximum Gasteiger partial charge on any atom is 0.350 e. The minimum absolute atomic E-state index is 0.164. The molecule has 0 aliphatic heterocycles. The molecule has 2 aromatic rings. The normalized spacial score (nSPS) is 30.8. The molecule has 3 aliphatic carbocycles. The minimum Gasteiger partial charge on any atom is -0.313 e. The van der Waals surface area contributed by atoms with Gasteiger partial charge in [-0.3, -0.25) is 0 Å². The number of aromatic nitrogens is 5. The fraction of sp³-hybridized carbons (Fsp3) is 0.667. The third-order valence-electron chi connectivity index (χ3n) is 4.60. The van der Waals surface area contributed by atoms with Gasteiger partial charge in [-0.25, -0.2) is 0 Å². The van der Waals surface area contributed by atoms with Crippen molar-refractivity contribution in [2.75, 3.05) is 0 Å². The van der Waals surface area contributed by atoms with Crippen LogP contribution < -0.4 is 0 Å². The van der Waals surface area contributed by atoms with Gasteiger partial charge in [0.25, 0.3) is 0 Å². The van der Waals surface area contributed by atoms with Crippen molar-refractivity contribution in [1.82, 2.24) is 25.1 Å². The van der Waals surface area contributed by atoms with Gasteiger partial charge in [-0.15, -0.1) is 5.10 Å². The Morgan fingerprint density at radius 2 is 2.00 bits per heavy atom. The van der Waals surface area contributed by atoms with Crippen LogP contribution >= 0.6 is 0 Å². The van der Waals surface area contributed by atoms with Crippen LogP contribution in [0.4, 0.5) is 0 Å². The summed E-state index contributed by atoms with van der Waals surface area (Å²) in [6.07, 6.45) is 10.9. The lowest BCUT2D eigenvalue weighted by atomic mass is 9.60. The molecule has 94 valence electrons. The second-order valence-corrected chi connectivity index (χ2v) is 5.51. The van der Waals surface area contributed by atoms with Crippen LogP contribution in [0.15, 0.2) is 16.9 Å². The Morgan fingerprint density at radius 1 is 1.22 bits per heavy atom. The molecule has 6 nitrogen and oxygen atoms in total. The highest BCUT2D eigenvalue weighted by atomic mass is 16.5. The molecule has 2 aromatic heterocycles. The SMILES string of the molecule is c1cn(-c2nc(C34CCC(CC3)CC4)no2)nn1. The predicted octanol–water partition coefficient (Wildman–Crippen LogP) is 1.87. The minimum atomic E-state index is 0.164. The zero-order valence-corrected chi connectivity index (χ0v) is 10.1. The second kappa shape index (κ2) is 3.63. The summed E-state index contributed by atoms with van der Waals surface area (Å²) in [5.74, 6) is 1.81. The third-order valence-corrected chi connectivity index (χ3v) is 4.60. The van der Waals surface area contributed by atoms with Gasteiger partial charge in [-0.05, 0) is 44.4 Å². The van der Waals surface area contributed by atoms with E-state index < -0.39 is 0 Å². The maximum atomic E-state index is 5.31. The Bertz CT molecular complexity index is 525. The summed E-state index contributed by atoms with van der Waals surface area (Å²) >= 11 is 0. The fourth-order valence-corrected chi connectivity index (χ4v) is 3.42. The molecular weight excluding hydrogens is 230 g/mol. The highest BCUT2D eigenvalue weighted by Crippen LogP contribution is 2.50. The largest absolute Gasteiger partial charge is 0.350 e. The van der Waals surface area contributed by atoms with Crippen molar-refractivity contribution in [1.29, 1.82) is 0 Å². The molecule has 6 heteroatoms. The Labute approximate surface area is 104 Å². The average molecular weight is 245 g/mol. The summed E-state index contributed by atoms with van der Waals surface area (Å²) in [5, 5.41) is 11.8. The molecule has 3 aliphatic rings. The molecule has 5 rings (SSSR count). The first-order chi connectivity index (χ1) is 8.86. The van der Waals surface area contributed by atoms with Gasteiger partial charge in [0.05, 0.1) is 12.4 Å². The summed E-state index contributed by atoms with van der Waals surface area (Å²) in [6, 6.07) is 0.421. The molecule has 0 aromatic carbocycles. The van der Waals surface area contributed by atoms with E-state index in [9.17, 15) is 0 Å². The third kappa shape index (κ3) is 1.41. The second-order valence-electron chi connectivity index (χ2n) is 5.51. The standard InChI is InChI=1S/C12H15N5O/c1-4-12(5-2-9(1)3-6-12)10-14-11(18-15-10)17-8-7-13-16-17/h7-9H,1-6H2. The van der Waals surface area contributed by atoms with Crippen LogP contribution in [-0.4, -0.2) is 25.1 Å². The Morgan fingerprint density at radius 3 is 2.67 bits per heavy atom. The Hall–Kier alpha value is -1.72. The molecule has 0 radical (unpaired) electrons. The number of nitrogens with zero attached hydrogens (tertiary/aromatic N) is 5. The van der Waals surface area contributed by atoms with E-state index in [1.807, 2.05) is 0 Å². The van der Waals surface area contributed by atoms with Gasteiger partial charge >= 0.3 is 6.01 Å². The van der Waals surface area contributed by atoms with Crippen molar-refractivity contribution in [2.24, 2.45) is 5.92 Å². The van der Waals surface area contributed by atoms with E-state index in [2.05, 4.69) is 20.5 Å². The number of hydrogen-bond acceptors (Lipinski definition) is 5. The van der Waals surface area contributed by atoms with Crippen molar-refractivity contribution in [3.8, 4) is 6.01 Å². The molecular formula is C12H15N5O. The molecule has 3 saturated carbocycles.